The van der Waals surface area contributed by atoms with E-state index in [9.17, 15) is 9.59 Å². The zero-order chi connectivity index (χ0) is 29.3. The van der Waals surface area contributed by atoms with Gasteiger partial charge < -0.3 is 18.5 Å². The third-order valence-electron chi connectivity index (χ3n) is 6.30. The number of esters is 2. The monoisotopic (exact) mass is 640 g/mol. The molecule has 3 heterocycles. The molecule has 1 N–H and O–H groups in total. The minimum Gasteiger partial charge on any atom is -0.455 e. The van der Waals surface area contributed by atoms with Crippen LogP contribution in [0, 0.1) is 5.41 Å². The van der Waals surface area contributed by atoms with Crippen molar-refractivity contribution < 1.29 is 23.5 Å². The van der Waals surface area contributed by atoms with Gasteiger partial charge in [0.2, 0.25) is 12.6 Å². The normalized spacial score (nSPS) is 11.7. The SMILES string of the molecule is CCc1nc(Cl)c(C(=O)OCOC(=O)C(C)(C)C)n1Cc1ccc2oc(-c3ccccc3-c3nn[nH]n3)c(Br)c2c1. The van der Waals surface area contributed by atoms with Crippen LogP contribution in [0.2, 0.25) is 5.15 Å². The molecule has 2 aromatic carbocycles. The van der Waals surface area contributed by atoms with Gasteiger partial charge in [-0.15, -0.1) is 10.2 Å². The van der Waals surface area contributed by atoms with E-state index in [0.717, 1.165) is 26.5 Å². The molecule has 212 valence electrons. The van der Waals surface area contributed by atoms with Crippen molar-refractivity contribution in [3.05, 3.63) is 69.2 Å². The standard InChI is InChI=1S/C28H26BrClN6O5/c1-5-20-31-24(30)22(26(37)39-14-40-27(38)28(2,3)4)36(20)13-15-10-11-19-18(12-15)21(29)23(41-19)16-8-6-7-9-17(16)25-32-34-35-33-25/h6-12H,5,13-14H2,1-4H3,(H,32,33,34,35). The third kappa shape index (κ3) is 5.75. The number of aromatic nitrogens is 6. The topological polar surface area (TPSA) is 138 Å². The van der Waals surface area contributed by atoms with E-state index in [2.05, 4.69) is 41.5 Å². The molecular formula is C28H26BrClN6O5. The molecule has 0 aliphatic heterocycles. The molecule has 0 spiro atoms. The maximum atomic E-state index is 13.0. The molecule has 0 fully saturated rings. The summed E-state index contributed by atoms with van der Waals surface area (Å²) in [5.74, 6) is 0.443. The van der Waals surface area contributed by atoms with Crippen LogP contribution < -0.4 is 0 Å². The van der Waals surface area contributed by atoms with Gasteiger partial charge in [0.25, 0.3) is 0 Å². The van der Waals surface area contributed by atoms with E-state index < -0.39 is 24.1 Å². The molecule has 0 saturated heterocycles. The van der Waals surface area contributed by atoms with E-state index >= 15 is 0 Å². The van der Waals surface area contributed by atoms with E-state index in [1.807, 2.05) is 49.4 Å². The first kappa shape index (κ1) is 28.5. The average Bonchev–Trinajstić information content (AvgIpc) is 3.66. The van der Waals surface area contributed by atoms with Crippen molar-refractivity contribution in [2.75, 3.05) is 6.79 Å². The number of ether oxygens (including phenoxy) is 2. The summed E-state index contributed by atoms with van der Waals surface area (Å²) >= 11 is 10.1. The Balaban J connectivity index is 1.44. The van der Waals surface area contributed by atoms with Crippen LogP contribution in [0.5, 0.6) is 0 Å². The first-order chi connectivity index (χ1) is 19.6. The number of benzene rings is 2. The highest BCUT2D eigenvalue weighted by Crippen LogP contribution is 2.41. The molecule has 11 nitrogen and oxygen atoms in total. The Morgan fingerprint density at radius 3 is 2.56 bits per heavy atom. The Morgan fingerprint density at radius 1 is 1.12 bits per heavy atom. The summed E-state index contributed by atoms with van der Waals surface area (Å²) in [5, 5.41) is 15.2. The maximum absolute atomic E-state index is 13.0. The number of nitrogens with zero attached hydrogens (tertiary/aromatic N) is 5. The van der Waals surface area contributed by atoms with Crippen LogP contribution in [0.1, 0.15) is 49.6 Å². The van der Waals surface area contributed by atoms with E-state index in [1.165, 1.54) is 0 Å². The molecule has 41 heavy (non-hydrogen) atoms. The second-order valence-corrected chi connectivity index (χ2v) is 11.3. The number of aryl methyl sites for hydroxylation is 1. The van der Waals surface area contributed by atoms with E-state index in [-0.39, 0.29) is 17.4 Å². The first-order valence-corrected chi connectivity index (χ1v) is 13.9. The zero-order valence-electron chi connectivity index (χ0n) is 22.7. The molecule has 0 aliphatic rings. The van der Waals surface area contributed by atoms with Gasteiger partial charge in [-0.1, -0.05) is 48.9 Å². The van der Waals surface area contributed by atoms with Crippen LogP contribution >= 0.6 is 27.5 Å². The zero-order valence-corrected chi connectivity index (χ0v) is 25.0. The highest BCUT2D eigenvalue weighted by Gasteiger charge is 2.26. The van der Waals surface area contributed by atoms with Crippen molar-refractivity contribution in [1.29, 1.82) is 0 Å². The summed E-state index contributed by atoms with van der Waals surface area (Å²) in [7, 11) is 0. The quantitative estimate of drug-likeness (QED) is 0.155. The van der Waals surface area contributed by atoms with Crippen molar-refractivity contribution in [1.82, 2.24) is 30.2 Å². The van der Waals surface area contributed by atoms with Crippen LogP contribution in [-0.2, 0) is 27.2 Å². The van der Waals surface area contributed by atoms with Crippen molar-refractivity contribution in [3.63, 3.8) is 0 Å². The van der Waals surface area contributed by atoms with Crippen LogP contribution in [0.4, 0.5) is 0 Å². The molecule has 0 radical (unpaired) electrons. The first-order valence-electron chi connectivity index (χ1n) is 12.7. The lowest BCUT2D eigenvalue weighted by molar-refractivity contribution is -0.161. The summed E-state index contributed by atoms with van der Waals surface area (Å²) < 4.78 is 19.0. The smallest absolute Gasteiger partial charge is 0.361 e. The Morgan fingerprint density at radius 2 is 1.88 bits per heavy atom. The molecule has 0 atom stereocenters. The third-order valence-corrected chi connectivity index (χ3v) is 7.35. The van der Waals surface area contributed by atoms with Crippen LogP contribution in [0.3, 0.4) is 0 Å². The number of H-pyrrole nitrogens is 1. The maximum Gasteiger partial charge on any atom is 0.361 e. The molecule has 13 heteroatoms. The van der Waals surface area contributed by atoms with Gasteiger partial charge in [0.15, 0.2) is 10.8 Å². The van der Waals surface area contributed by atoms with Crippen molar-refractivity contribution in [3.8, 4) is 22.7 Å². The predicted octanol–water partition coefficient (Wildman–Crippen LogP) is 6.21. The van der Waals surface area contributed by atoms with Gasteiger partial charge in [-0.05, 0) is 59.6 Å². The highest BCUT2D eigenvalue weighted by atomic mass is 79.9. The molecule has 5 aromatic rings. The van der Waals surface area contributed by atoms with Gasteiger partial charge in [-0.25, -0.2) is 9.78 Å². The fourth-order valence-electron chi connectivity index (χ4n) is 4.24. The average molecular weight is 642 g/mol. The minimum atomic E-state index is -0.741. The summed E-state index contributed by atoms with van der Waals surface area (Å²) in [6.45, 7) is 6.81. The van der Waals surface area contributed by atoms with Crippen molar-refractivity contribution >= 4 is 50.4 Å². The highest BCUT2D eigenvalue weighted by molar-refractivity contribution is 9.10. The number of nitrogens with one attached hydrogen (secondary N) is 1. The summed E-state index contributed by atoms with van der Waals surface area (Å²) in [6.07, 6.45) is 0.528. The number of hydrogen-bond acceptors (Lipinski definition) is 9. The van der Waals surface area contributed by atoms with Crippen molar-refractivity contribution in [2.24, 2.45) is 5.41 Å². The number of tetrazole rings is 1. The Labute approximate surface area is 248 Å². The van der Waals surface area contributed by atoms with Crippen LogP contribution in [0.15, 0.2) is 51.4 Å². The van der Waals surface area contributed by atoms with Gasteiger partial charge in [0.1, 0.15) is 17.2 Å². The van der Waals surface area contributed by atoms with Crippen molar-refractivity contribution in [2.45, 2.75) is 40.7 Å². The fraction of sp³-hybridized carbons (Fsp3) is 0.286. The van der Waals surface area contributed by atoms with E-state index in [1.54, 1.807) is 25.3 Å². The van der Waals surface area contributed by atoms with Gasteiger partial charge >= 0.3 is 11.9 Å². The fourth-order valence-corrected chi connectivity index (χ4v) is 5.13. The van der Waals surface area contributed by atoms with Gasteiger partial charge in [-0.2, -0.15) is 5.21 Å². The number of hydrogen-bond donors (Lipinski definition) is 1. The lowest BCUT2D eigenvalue weighted by Crippen LogP contribution is -2.25. The Hall–Kier alpha value is -4.03. The molecule has 0 aliphatic carbocycles. The molecule has 0 unspecified atom stereocenters. The number of carbonyl (C=O) groups excluding carboxylic acids is 2. The summed E-state index contributed by atoms with van der Waals surface area (Å²) in [6, 6.07) is 13.4. The lowest BCUT2D eigenvalue weighted by Gasteiger charge is -2.16. The minimum absolute atomic E-state index is 0.0138. The number of imidazole rings is 1. The Kier molecular flexibility index (Phi) is 7.96. The molecule has 0 saturated carbocycles. The predicted molar refractivity (Wildman–Crippen MR) is 154 cm³/mol. The molecule has 3 aromatic heterocycles. The second kappa shape index (κ2) is 11.5. The molecule has 0 amide bonds. The van der Waals surface area contributed by atoms with Gasteiger partial charge in [-0.3, -0.25) is 4.79 Å². The number of halogens is 2. The van der Waals surface area contributed by atoms with E-state index in [0.29, 0.717) is 29.4 Å². The van der Waals surface area contributed by atoms with Gasteiger partial charge in [0, 0.05) is 29.5 Å². The Bertz CT molecular complexity index is 1740. The number of fused-ring (bicyclic) bond motifs is 1. The molecular weight excluding hydrogens is 616 g/mol. The number of carbonyl (C=O) groups is 2. The second-order valence-electron chi connectivity index (χ2n) is 10.2. The van der Waals surface area contributed by atoms with Gasteiger partial charge in [0.05, 0.1) is 9.89 Å². The number of rotatable bonds is 8. The largest absolute Gasteiger partial charge is 0.455 e. The molecule has 0 bridgehead atoms. The van der Waals surface area contributed by atoms with Crippen LogP contribution in [-0.4, -0.2) is 48.9 Å². The van der Waals surface area contributed by atoms with Crippen LogP contribution in [0.25, 0.3) is 33.7 Å². The summed E-state index contributed by atoms with van der Waals surface area (Å²) in [5.41, 5.74) is 2.45. The number of furan rings is 1. The number of aromatic amines is 1. The lowest BCUT2D eigenvalue weighted by atomic mass is 9.98. The molecule has 5 rings (SSSR count). The summed E-state index contributed by atoms with van der Waals surface area (Å²) in [4.78, 5) is 29.4. The van der Waals surface area contributed by atoms with E-state index in [4.69, 9.17) is 25.5 Å².